The molecule has 5 heteroatoms. The molecular weight excluding hydrogens is 224 g/mol. The molecule has 0 aromatic heterocycles. The van der Waals surface area contributed by atoms with E-state index in [4.69, 9.17) is 15.0 Å². The van der Waals surface area contributed by atoms with Crippen LogP contribution in [0.4, 0.5) is 0 Å². The van der Waals surface area contributed by atoms with Crippen molar-refractivity contribution < 1.29 is 25.0 Å². The van der Waals surface area contributed by atoms with Crippen molar-refractivity contribution in [3.8, 4) is 0 Å². The summed E-state index contributed by atoms with van der Waals surface area (Å²) in [5.74, 6) is -1.38. The van der Waals surface area contributed by atoms with Gasteiger partial charge in [-0.05, 0) is 25.7 Å². The molecule has 0 saturated heterocycles. The summed E-state index contributed by atoms with van der Waals surface area (Å²) in [7, 11) is 0. The van der Waals surface area contributed by atoms with Gasteiger partial charge in [0.25, 0.3) is 5.79 Å². The lowest BCUT2D eigenvalue weighted by atomic mass is 9.91. The second-order valence-electron chi connectivity index (χ2n) is 5.10. The van der Waals surface area contributed by atoms with E-state index in [1.165, 1.54) is 6.42 Å². The van der Waals surface area contributed by atoms with Gasteiger partial charge in [0.2, 0.25) is 0 Å². The summed E-state index contributed by atoms with van der Waals surface area (Å²) in [6, 6.07) is 0. The summed E-state index contributed by atoms with van der Waals surface area (Å²) in [5.41, 5.74) is 0. The minimum absolute atomic E-state index is 0.0601. The van der Waals surface area contributed by atoms with Crippen LogP contribution in [0, 0.1) is 0 Å². The van der Waals surface area contributed by atoms with Gasteiger partial charge in [0.05, 0.1) is 6.10 Å². The van der Waals surface area contributed by atoms with E-state index in [-0.39, 0.29) is 6.10 Å². The molecule has 0 aromatic rings. The van der Waals surface area contributed by atoms with E-state index in [1.54, 1.807) is 0 Å². The lowest BCUT2D eigenvalue weighted by Crippen LogP contribution is -2.49. The molecule has 2 aliphatic rings. The van der Waals surface area contributed by atoms with E-state index in [2.05, 4.69) is 4.89 Å². The highest BCUT2D eigenvalue weighted by Crippen LogP contribution is 2.34. The summed E-state index contributed by atoms with van der Waals surface area (Å²) in [5, 5.41) is 18.8. The molecule has 5 nitrogen and oxygen atoms in total. The Bertz CT molecular complexity index is 229. The van der Waals surface area contributed by atoms with Crippen molar-refractivity contribution in [1.29, 1.82) is 0 Å². The lowest BCUT2D eigenvalue weighted by molar-refractivity contribution is -0.529. The zero-order valence-electron chi connectivity index (χ0n) is 10.1. The molecule has 2 atom stereocenters. The third-order valence-corrected chi connectivity index (χ3v) is 3.79. The molecule has 17 heavy (non-hydrogen) atoms. The highest BCUT2D eigenvalue weighted by atomic mass is 17.3. The van der Waals surface area contributed by atoms with Gasteiger partial charge in [0.15, 0.2) is 0 Å². The fourth-order valence-corrected chi connectivity index (χ4v) is 2.63. The van der Waals surface area contributed by atoms with Crippen LogP contribution < -0.4 is 0 Å². The van der Waals surface area contributed by atoms with Crippen LogP contribution in [-0.4, -0.2) is 28.4 Å². The van der Waals surface area contributed by atoms with Crippen LogP contribution in [0.25, 0.3) is 0 Å². The highest BCUT2D eigenvalue weighted by molar-refractivity contribution is 4.82. The van der Waals surface area contributed by atoms with Crippen LogP contribution in [0.1, 0.15) is 57.8 Å². The van der Waals surface area contributed by atoms with Crippen LogP contribution >= 0.6 is 0 Å². The van der Waals surface area contributed by atoms with Crippen molar-refractivity contribution in [3.05, 3.63) is 0 Å². The molecule has 2 unspecified atom stereocenters. The van der Waals surface area contributed by atoms with Gasteiger partial charge < -0.3 is 5.11 Å². The van der Waals surface area contributed by atoms with Crippen LogP contribution in [0.15, 0.2) is 0 Å². The maximum Gasteiger partial charge on any atom is 0.259 e. The molecular formula is C12H22O5. The molecule has 0 spiro atoms. The van der Waals surface area contributed by atoms with E-state index in [0.29, 0.717) is 12.8 Å². The number of aliphatic hydroxyl groups is 1. The van der Waals surface area contributed by atoms with Crippen molar-refractivity contribution in [2.24, 2.45) is 0 Å². The predicted octanol–water partition coefficient (Wildman–Crippen LogP) is 2.39. The van der Waals surface area contributed by atoms with Gasteiger partial charge in [0, 0.05) is 6.42 Å². The summed E-state index contributed by atoms with van der Waals surface area (Å²) in [6.45, 7) is 0. The molecule has 100 valence electrons. The summed E-state index contributed by atoms with van der Waals surface area (Å²) < 4.78 is 0. The molecule has 0 aromatic carbocycles. The van der Waals surface area contributed by atoms with Crippen LogP contribution in [0.3, 0.4) is 0 Å². The Morgan fingerprint density at radius 2 is 1.65 bits per heavy atom. The van der Waals surface area contributed by atoms with Crippen LogP contribution in [-0.2, 0) is 14.7 Å². The monoisotopic (exact) mass is 246 g/mol. The Balaban J connectivity index is 1.85. The Hall–Kier alpha value is -0.200. The first kappa shape index (κ1) is 13.2. The average Bonchev–Trinajstić information content (AvgIpc) is 2.39. The summed E-state index contributed by atoms with van der Waals surface area (Å²) in [4.78, 5) is 15.0. The maximum atomic E-state index is 9.86. The van der Waals surface area contributed by atoms with Crippen molar-refractivity contribution in [2.45, 2.75) is 75.8 Å². The number of aliphatic hydroxyl groups excluding tert-OH is 1. The second kappa shape index (κ2) is 6.11. The minimum Gasteiger partial charge on any atom is -0.387 e. The Morgan fingerprint density at radius 3 is 2.29 bits per heavy atom. The van der Waals surface area contributed by atoms with Crippen LogP contribution in [0.5, 0.6) is 0 Å². The van der Waals surface area contributed by atoms with Crippen molar-refractivity contribution in [2.75, 3.05) is 0 Å². The van der Waals surface area contributed by atoms with Gasteiger partial charge in [0.1, 0.15) is 6.10 Å². The number of hydrogen-bond acceptors (Lipinski definition) is 5. The molecule has 0 bridgehead atoms. The summed E-state index contributed by atoms with van der Waals surface area (Å²) >= 11 is 0. The van der Waals surface area contributed by atoms with Crippen LogP contribution in [0.2, 0.25) is 0 Å². The molecule has 2 rings (SSSR count). The quantitative estimate of drug-likeness (QED) is 0.453. The normalized spacial score (nSPS) is 36.0. The lowest BCUT2D eigenvalue weighted by Gasteiger charge is -2.37. The zero-order chi connectivity index (χ0) is 12.1. The third kappa shape index (κ3) is 3.17. The molecule has 2 saturated carbocycles. The van der Waals surface area contributed by atoms with E-state index in [9.17, 15) is 5.11 Å². The van der Waals surface area contributed by atoms with Gasteiger partial charge in [-0.2, -0.15) is 9.78 Å². The van der Waals surface area contributed by atoms with Gasteiger partial charge in [-0.3, -0.25) is 0 Å². The Morgan fingerprint density at radius 1 is 0.941 bits per heavy atom. The zero-order valence-corrected chi connectivity index (χ0v) is 10.1. The SMILES string of the molecule is OOC1(OOC2CCCCC2)CCCCC1O. The first-order valence-electron chi connectivity index (χ1n) is 6.62. The van der Waals surface area contributed by atoms with Crippen molar-refractivity contribution in [3.63, 3.8) is 0 Å². The van der Waals surface area contributed by atoms with Gasteiger partial charge in [-0.25, -0.2) is 10.1 Å². The van der Waals surface area contributed by atoms with Crippen molar-refractivity contribution in [1.82, 2.24) is 0 Å². The standard InChI is InChI=1S/C12H22O5/c13-11-8-4-5-9-12(11,16-14)17-15-10-6-2-1-3-7-10/h10-11,13-14H,1-9H2. The fraction of sp³-hybridized carbons (Fsp3) is 1.00. The molecule has 2 aliphatic carbocycles. The van der Waals surface area contributed by atoms with Gasteiger partial charge in [-0.15, -0.1) is 0 Å². The fourth-order valence-electron chi connectivity index (χ4n) is 2.63. The largest absolute Gasteiger partial charge is 0.387 e. The maximum absolute atomic E-state index is 9.86. The van der Waals surface area contributed by atoms with E-state index in [1.807, 2.05) is 0 Å². The Kier molecular flexibility index (Phi) is 4.76. The summed E-state index contributed by atoms with van der Waals surface area (Å²) in [6.07, 6.45) is 7.48. The predicted molar refractivity (Wildman–Crippen MR) is 60.0 cm³/mol. The molecule has 0 amide bonds. The molecule has 0 heterocycles. The van der Waals surface area contributed by atoms with E-state index < -0.39 is 11.9 Å². The number of rotatable bonds is 4. The Labute approximate surface area is 102 Å². The average molecular weight is 246 g/mol. The van der Waals surface area contributed by atoms with Gasteiger partial charge >= 0.3 is 0 Å². The van der Waals surface area contributed by atoms with E-state index in [0.717, 1.165) is 38.5 Å². The highest BCUT2D eigenvalue weighted by Gasteiger charge is 2.45. The molecule has 0 radical (unpaired) electrons. The van der Waals surface area contributed by atoms with Crippen molar-refractivity contribution >= 4 is 0 Å². The van der Waals surface area contributed by atoms with E-state index >= 15 is 0 Å². The topological polar surface area (TPSA) is 68.2 Å². The first-order chi connectivity index (χ1) is 8.27. The smallest absolute Gasteiger partial charge is 0.259 e. The van der Waals surface area contributed by atoms with Gasteiger partial charge in [-0.1, -0.05) is 25.7 Å². The molecule has 2 N–H and O–H groups in total. The molecule has 2 fully saturated rings. The minimum atomic E-state index is -1.38. The molecule has 0 aliphatic heterocycles. The number of hydrogen-bond donors (Lipinski definition) is 2. The first-order valence-corrected chi connectivity index (χ1v) is 6.62. The third-order valence-electron chi connectivity index (χ3n) is 3.79. The second-order valence-corrected chi connectivity index (χ2v) is 5.10.